The molecule has 1 amide bonds. The molecule has 6 nitrogen and oxygen atoms in total. The SMILES string of the molecule is O=C1N=c2ccccc2=C1C1=C(c2ccccc2)ONN=N1. The first-order valence-electron chi connectivity index (χ1n) is 6.69. The standard InChI is InChI=1S/C16H10N4O2/c21-16-13(11-8-4-5-9-12(11)17-16)14-15(22-20-19-18-14)10-6-2-1-3-7-10/h1-9H,(H,18,20). The van der Waals surface area contributed by atoms with Crippen LogP contribution >= 0.6 is 0 Å². The van der Waals surface area contributed by atoms with Gasteiger partial charge in [0.1, 0.15) is 5.70 Å². The number of hydrogen-bond acceptors (Lipinski definition) is 5. The van der Waals surface area contributed by atoms with Crippen molar-refractivity contribution in [1.82, 2.24) is 5.59 Å². The summed E-state index contributed by atoms with van der Waals surface area (Å²) in [6.07, 6.45) is 0. The highest BCUT2D eigenvalue weighted by Gasteiger charge is 2.27. The number of nitrogens with one attached hydrogen (secondary N) is 1. The number of carbonyl (C=O) groups excluding carboxylic acids is 1. The molecule has 0 aromatic heterocycles. The highest BCUT2D eigenvalue weighted by molar-refractivity contribution is 6.22. The Morgan fingerprint density at radius 1 is 0.955 bits per heavy atom. The van der Waals surface area contributed by atoms with Crippen LogP contribution in [0.3, 0.4) is 0 Å². The summed E-state index contributed by atoms with van der Waals surface area (Å²) >= 11 is 0. The van der Waals surface area contributed by atoms with Crippen LogP contribution in [-0.4, -0.2) is 5.91 Å². The number of benzene rings is 2. The van der Waals surface area contributed by atoms with E-state index in [4.69, 9.17) is 4.84 Å². The van der Waals surface area contributed by atoms with Gasteiger partial charge in [-0.05, 0) is 11.3 Å². The van der Waals surface area contributed by atoms with E-state index in [0.717, 1.165) is 10.8 Å². The number of rotatable bonds is 2. The number of fused-ring (bicyclic) bond motifs is 1. The molecule has 0 radical (unpaired) electrons. The molecule has 0 aliphatic carbocycles. The Morgan fingerprint density at radius 2 is 1.73 bits per heavy atom. The van der Waals surface area contributed by atoms with E-state index < -0.39 is 0 Å². The lowest BCUT2D eigenvalue weighted by atomic mass is 10.1. The van der Waals surface area contributed by atoms with Crippen LogP contribution in [0.5, 0.6) is 0 Å². The van der Waals surface area contributed by atoms with E-state index in [0.29, 0.717) is 22.4 Å². The van der Waals surface area contributed by atoms with Gasteiger partial charge >= 0.3 is 0 Å². The third-order valence-electron chi connectivity index (χ3n) is 3.44. The predicted octanol–water partition coefficient (Wildman–Crippen LogP) is 1.27. The molecule has 2 aliphatic rings. The lowest BCUT2D eigenvalue weighted by molar-refractivity contribution is -0.112. The third kappa shape index (κ3) is 1.89. The van der Waals surface area contributed by atoms with E-state index in [9.17, 15) is 4.79 Å². The molecular weight excluding hydrogens is 280 g/mol. The molecule has 0 saturated carbocycles. The Morgan fingerprint density at radius 3 is 2.59 bits per heavy atom. The molecule has 0 fully saturated rings. The fraction of sp³-hybridized carbons (Fsp3) is 0. The van der Waals surface area contributed by atoms with Crippen molar-refractivity contribution in [3.05, 3.63) is 76.4 Å². The lowest BCUT2D eigenvalue weighted by Crippen LogP contribution is -2.23. The van der Waals surface area contributed by atoms with Crippen LogP contribution in [0.1, 0.15) is 5.56 Å². The number of nitrogens with zero attached hydrogens (tertiary/aromatic N) is 3. The molecule has 0 saturated heterocycles. The van der Waals surface area contributed by atoms with Gasteiger partial charge < -0.3 is 4.84 Å². The molecule has 1 N–H and O–H groups in total. The normalized spacial score (nSPS) is 16.0. The highest BCUT2D eigenvalue weighted by Crippen LogP contribution is 2.29. The van der Waals surface area contributed by atoms with Gasteiger partial charge in [0.2, 0.25) is 0 Å². The summed E-state index contributed by atoms with van der Waals surface area (Å²) < 4.78 is 0. The zero-order valence-corrected chi connectivity index (χ0v) is 11.4. The van der Waals surface area contributed by atoms with Crippen LogP contribution in [0.4, 0.5) is 0 Å². The van der Waals surface area contributed by atoms with Gasteiger partial charge in [0.05, 0.1) is 10.9 Å². The Kier molecular flexibility index (Phi) is 2.79. The second-order valence-electron chi connectivity index (χ2n) is 4.75. The smallest absolute Gasteiger partial charge is 0.280 e. The van der Waals surface area contributed by atoms with Crippen molar-refractivity contribution in [1.29, 1.82) is 0 Å². The molecule has 0 bridgehead atoms. The molecule has 22 heavy (non-hydrogen) atoms. The van der Waals surface area contributed by atoms with Gasteiger partial charge in [0.15, 0.2) is 5.76 Å². The maximum absolute atomic E-state index is 12.3. The summed E-state index contributed by atoms with van der Waals surface area (Å²) in [5, 5.41) is 9.11. The second kappa shape index (κ2) is 4.92. The van der Waals surface area contributed by atoms with Crippen molar-refractivity contribution in [3.63, 3.8) is 0 Å². The molecule has 2 heterocycles. The Labute approximate surface area is 125 Å². The van der Waals surface area contributed by atoms with Gasteiger partial charge in [-0.25, -0.2) is 4.99 Å². The topological polar surface area (TPSA) is 75.4 Å². The van der Waals surface area contributed by atoms with Crippen LogP contribution in [-0.2, 0) is 9.63 Å². The molecule has 0 unspecified atom stereocenters. The van der Waals surface area contributed by atoms with Gasteiger partial charge in [-0.2, -0.15) is 0 Å². The van der Waals surface area contributed by atoms with Crippen LogP contribution < -0.4 is 16.2 Å². The summed E-state index contributed by atoms with van der Waals surface area (Å²) in [5.41, 5.74) is 3.95. The minimum absolute atomic E-state index is 0.339. The van der Waals surface area contributed by atoms with Crippen LogP contribution in [0.25, 0.3) is 11.3 Å². The summed E-state index contributed by atoms with van der Waals surface area (Å²) in [5.74, 6) is 0.111. The third-order valence-corrected chi connectivity index (χ3v) is 3.44. The summed E-state index contributed by atoms with van der Waals surface area (Å²) in [4.78, 5) is 21.7. The molecule has 2 aromatic rings. The Hall–Kier alpha value is -3.28. The van der Waals surface area contributed by atoms with E-state index in [1.165, 1.54) is 0 Å². The Bertz CT molecular complexity index is 946. The van der Waals surface area contributed by atoms with Gasteiger partial charge in [-0.3, -0.25) is 4.79 Å². The average molecular weight is 290 g/mol. The van der Waals surface area contributed by atoms with Crippen molar-refractivity contribution in [3.8, 4) is 0 Å². The zero-order valence-electron chi connectivity index (χ0n) is 11.4. The first kappa shape index (κ1) is 12.5. The fourth-order valence-electron chi connectivity index (χ4n) is 2.47. The van der Waals surface area contributed by atoms with E-state index >= 15 is 0 Å². The van der Waals surface area contributed by atoms with Crippen molar-refractivity contribution in [2.45, 2.75) is 0 Å². The second-order valence-corrected chi connectivity index (χ2v) is 4.75. The quantitative estimate of drug-likeness (QED) is 0.905. The van der Waals surface area contributed by atoms with Crippen LogP contribution in [0.15, 0.2) is 75.6 Å². The number of para-hydroxylation sites is 1. The van der Waals surface area contributed by atoms with E-state index in [1.807, 2.05) is 48.5 Å². The highest BCUT2D eigenvalue weighted by atomic mass is 16.7. The molecule has 0 atom stereocenters. The molecule has 106 valence electrons. The van der Waals surface area contributed by atoms with E-state index in [1.54, 1.807) is 6.07 Å². The summed E-state index contributed by atoms with van der Waals surface area (Å²) in [7, 11) is 0. The molecule has 4 rings (SSSR count). The minimum Gasteiger partial charge on any atom is -0.361 e. The number of amides is 1. The van der Waals surface area contributed by atoms with Crippen molar-refractivity contribution < 1.29 is 9.63 Å². The van der Waals surface area contributed by atoms with Crippen LogP contribution in [0.2, 0.25) is 0 Å². The van der Waals surface area contributed by atoms with Gasteiger partial charge in [-0.15, -0.1) is 10.7 Å². The zero-order chi connectivity index (χ0) is 14.9. The largest absolute Gasteiger partial charge is 0.361 e. The molecule has 6 heteroatoms. The van der Waals surface area contributed by atoms with Crippen molar-refractivity contribution in [2.75, 3.05) is 0 Å². The monoisotopic (exact) mass is 290 g/mol. The predicted molar refractivity (Wildman–Crippen MR) is 78.1 cm³/mol. The van der Waals surface area contributed by atoms with Gasteiger partial charge in [-0.1, -0.05) is 48.5 Å². The van der Waals surface area contributed by atoms with Gasteiger partial charge in [0.25, 0.3) is 5.91 Å². The molecular formula is C16H10N4O2. The number of carbonyl (C=O) groups is 1. The Balaban J connectivity index is 2.02. The van der Waals surface area contributed by atoms with E-state index in [2.05, 4.69) is 20.9 Å². The van der Waals surface area contributed by atoms with Gasteiger partial charge in [0, 0.05) is 10.8 Å². The first-order valence-corrected chi connectivity index (χ1v) is 6.69. The maximum Gasteiger partial charge on any atom is 0.280 e. The van der Waals surface area contributed by atoms with Crippen molar-refractivity contribution in [2.24, 2.45) is 15.3 Å². The fourth-order valence-corrected chi connectivity index (χ4v) is 2.47. The van der Waals surface area contributed by atoms with Crippen LogP contribution in [0, 0.1) is 0 Å². The number of hydrogen-bond donors (Lipinski definition) is 1. The first-order chi connectivity index (χ1) is 10.8. The molecule has 2 aliphatic heterocycles. The minimum atomic E-state index is -0.339. The maximum atomic E-state index is 12.3. The lowest BCUT2D eigenvalue weighted by Gasteiger charge is -2.15. The summed E-state index contributed by atoms with van der Waals surface area (Å²) in [6, 6.07) is 16.7. The van der Waals surface area contributed by atoms with Crippen molar-refractivity contribution >= 4 is 17.2 Å². The summed E-state index contributed by atoms with van der Waals surface area (Å²) in [6.45, 7) is 0. The molecule has 2 aromatic carbocycles. The average Bonchev–Trinajstić information content (AvgIpc) is 2.91. The molecule has 0 spiro atoms. The van der Waals surface area contributed by atoms with E-state index in [-0.39, 0.29) is 5.91 Å².